The number of aromatic nitrogens is 2. The first-order valence-corrected chi connectivity index (χ1v) is 7.83. The summed E-state index contributed by atoms with van der Waals surface area (Å²) in [4.78, 5) is 4.72. The number of nitrogens with zero attached hydrogens (tertiary/aromatic N) is 2. The Morgan fingerprint density at radius 3 is 2.85 bits per heavy atom. The Hall–Kier alpha value is -1.35. The molecule has 1 aliphatic rings. The summed E-state index contributed by atoms with van der Waals surface area (Å²) in [5.74, 6) is 2.12. The number of hydrogen-bond acceptors (Lipinski definition) is 2. The molecule has 3 unspecified atom stereocenters. The Morgan fingerprint density at radius 1 is 1.35 bits per heavy atom. The zero-order chi connectivity index (χ0) is 14.1. The zero-order valence-electron chi connectivity index (χ0n) is 12.4. The smallest absolute Gasteiger partial charge is 0.112 e. The van der Waals surface area contributed by atoms with Crippen molar-refractivity contribution in [1.82, 2.24) is 9.55 Å². The molecule has 0 spiro atoms. The molecule has 0 radical (unpaired) electrons. The van der Waals surface area contributed by atoms with Gasteiger partial charge in [-0.25, -0.2) is 4.98 Å². The van der Waals surface area contributed by atoms with Crippen molar-refractivity contribution >= 4 is 11.0 Å². The maximum absolute atomic E-state index is 10.6. The van der Waals surface area contributed by atoms with E-state index in [9.17, 15) is 5.11 Å². The van der Waals surface area contributed by atoms with Gasteiger partial charge in [-0.3, -0.25) is 0 Å². The van der Waals surface area contributed by atoms with E-state index in [0.29, 0.717) is 18.3 Å². The molecule has 108 valence electrons. The molecular weight excluding hydrogens is 248 g/mol. The molecule has 3 rings (SSSR count). The lowest BCUT2D eigenvalue weighted by atomic mass is 9.90. The second-order valence-corrected chi connectivity index (χ2v) is 6.10. The van der Waals surface area contributed by atoms with E-state index in [0.717, 1.165) is 24.3 Å². The van der Waals surface area contributed by atoms with Gasteiger partial charge in [-0.2, -0.15) is 0 Å². The van der Waals surface area contributed by atoms with Gasteiger partial charge in [0, 0.05) is 13.0 Å². The van der Waals surface area contributed by atoms with Crippen LogP contribution in [0.25, 0.3) is 11.0 Å². The Morgan fingerprint density at radius 2 is 2.15 bits per heavy atom. The molecule has 0 amide bonds. The minimum absolute atomic E-state index is 0.255. The summed E-state index contributed by atoms with van der Waals surface area (Å²) in [7, 11) is 0. The highest BCUT2D eigenvalue weighted by molar-refractivity contribution is 5.75. The van der Waals surface area contributed by atoms with Crippen molar-refractivity contribution in [2.75, 3.05) is 0 Å². The second-order valence-electron chi connectivity index (χ2n) is 6.10. The number of imidazole rings is 1. The minimum Gasteiger partial charge on any atom is -0.392 e. The number of aliphatic hydroxyl groups is 1. The lowest BCUT2D eigenvalue weighted by molar-refractivity contribution is 0.0877. The maximum Gasteiger partial charge on any atom is 0.112 e. The van der Waals surface area contributed by atoms with Crippen molar-refractivity contribution in [3.63, 3.8) is 0 Å². The van der Waals surface area contributed by atoms with Crippen LogP contribution < -0.4 is 0 Å². The number of aliphatic hydroxyl groups excluding tert-OH is 1. The van der Waals surface area contributed by atoms with Crippen LogP contribution in [0.2, 0.25) is 0 Å². The molecule has 0 aliphatic heterocycles. The summed E-state index contributed by atoms with van der Waals surface area (Å²) in [5.41, 5.74) is 2.22. The van der Waals surface area contributed by atoms with E-state index >= 15 is 0 Å². The predicted octanol–water partition coefficient (Wildman–Crippen LogP) is 3.40. The highest BCUT2D eigenvalue weighted by atomic mass is 16.3. The largest absolute Gasteiger partial charge is 0.392 e. The van der Waals surface area contributed by atoms with E-state index in [1.165, 1.54) is 18.4 Å². The van der Waals surface area contributed by atoms with Gasteiger partial charge in [0.15, 0.2) is 0 Å². The Bertz CT molecular complexity index is 590. The van der Waals surface area contributed by atoms with Crippen LogP contribution in [0.1, 0.15) is 38.9 Å². The Labute approximate surface area is 120 Å². The van der Waals surface area contributed by atoms with Crippen LogP contribution in [0.3, 0.4) is 0 Å². The fourth-order valence-electron chi connectivity index (χ4n) is 3.72. The SMILES string of the molecule is CCn1c(CC(O)C2CCCC2C)nc2ccccc21. The molecule has 0 bridgehead atoms. The van der Waals surface area contributed by atoms with Crippen molar-refractivity contribution in [2.24, 2.45) is 11.8 Å². The number of para-hydroxylation sites is 2. The molecule has 1 N–H and O–H groups in total. The highest BCUT2D eigenvalue weighted by Crippen LogP contribution is 2.34. The minimum atomic E-state index is -0.255. The summed E-state index contributed by atoms with van der Waals surface area (Å²) in [6.07, 6.45) is 4.10. The fraction of sp³-hybridized carbons (Fsp3) is 0.588. The molecule has 20 heavy (non-hydrogen) atoms. The number of rotatable bonds is 4. The van der Waals surface area contributed by atoms with Crippen LogP contribution >= 0.6 is 0 Å². The summed E-state index contributed by atoms with van der Waals surface area (Å²) in [5, 5.41) is 10.6. The fourth-order valence-corrected chi connectivity index (χ4v) is 3.72. The molecule has 1 aliphatic carbocycles. The average Bonchev–Trinajstić information content (AvgIpc) is 3.01. The number of aryl methyl sites for hydroxylation is 1. The molecule has 1 aromatic carbocycles. The molecule has 2 aromatic rings. The Kier molecular flexibility index (Phi) is 3.79. The summed E-state index contributed by atoms with van der Waals surface area (Å²) in [6, 6.07) is 8.24. The summed E-state index contributed by atoms with van der Waals surface area (Å²) >= 11 is 0. The average molecular weight is 272 g/mol. The van der Waals surface area contributed by atoms with Crippen molar-refractivity contribution in [2.45, 2.75) is 52.2 Å². The predicted molar refractivity (Wildman–Crippen MR) is 81.6 cm³/mol. The third kappa shape index (κ3) is 2.35. The summed E-state index contributed by atoms with van der Waals surface area (Å²) < 4.78 is 2.23. The van der Waals surface area contributed by atoms with Gasteiger partial charge in [-0.15, -0.1) is 0 Å². The van der Waals surface area contributed by atoms with E-state index in [1.54, 1.807) is 0 Å². The van der Waals surface area contributed by atoms with Crippen LogP contribution in [-0.4, -0.2) is 20.8 Å². The molecule has 1 saturated carbocycles. The number of fused-ring (bicyclic) bond motifs is 1. The standard InChI is InChI=1S/C17H24N2O/c1-3-19-15-10-5-4-9-14(15)18-17(19)11-16(20)13-8-6-7-12(13)2/h4-5,9-10,12-13,16,20H,3,6-8,11H2,1-2H3. The number of hydrogen-bond donors (Lipinski definition) is 1. The molecule has 3 heteroatoms. The van der Waals surface area contributed by atoms with Gasteiger partial charge in [0.05, 0.1) is 17.1 Å². The lowest BCUT2D eigenvalue weighted by Crippen LogP contribution is -2.26. The van der Waals surface area contributed by atoms with Crippen LogP contribution in [0.5, 0.6) is 0 Å². The normalized spacial score (nSPS) is 24.4. The van der Waals surface area contributed by atoms with Gasteiger partial charge in [0.1, 0.15) is 5.82 Å². The first-order chi connectivity index (χ1) is 9.70. The molecule has 1 fully saturated rings. The quantitative estimate of drug-likeness (QED) is 0.926. The lowest BCUT2D eigenvalue weighted by Gasteiger charge is -2.22. The molecule has 0 saturated heterocycles. The van der Waals surface area contributed by atoms with Crippen LogP contribution in [0.15, 0.2) is 24.3 Å². The second kappa shape index (κ2) is 5.57. The topological polar surface area (TPSA) is 38.0 Å². The molecule has 1 heterocycles. The van der Waals surface area contributed by atoms with Crippen LogP contribution in [0.4, 0.5) is 0 Å². The van der Waals surface area contributed by atoms with Gasteiger partial charge in [0.25, 0.3) is 0 Å². The van der Waals surface area contributed by atoms with Crippen molar-refractivity contribution in [3.8, 4) is 0 Å². The summed E-state index contributed by atoms with van der Waals surface area (Å²) in [6.45, 7) is 5.31. The molecule has 3 atom stereocenters. The van der Waals surface area contributed by atoms with E-state index in [2.05, 4.69) is 36.6 Å². The van der Waals surface area contributed by atoms with Crippen molar-refractivity contribution in [1.29, 1.82) is 0 Å². The molecular formula is C17H24N2O. The van der Waals surface area contributed by atoms with Crippen molar-refractivity contribution in [3.05, 3.63) is 30.1 Å². The van der Waals surface area contributed by atoms with Crippen molar-refractivity contribution < 1.29 is 5.11 Å². The van der Waals surface area contributed by atoms with E-state index < -0.39 is 0 Å². The first kappa shape index (κ1) is 13.6. The van der Waals surface area contributed by atoms with Gasteiger partial charge in [-0.1, -0.05) is 31.9 Å². The molecule has 1 aromatic heterocycles. The van der Waals surface area contributed by atoms with Gasteiger partial charge >= 0.3 is 0 Å². The van der Waals surface area contributed by atoms with E-state index in [-0.39, 0.29) is 6.10 Å². The van der Waals surface area contributed by atoms with E-state index in [1.807, 2.05) is 6.07 Å². The third-order valence-electron chi connectivity index (χ3n) is 4.86. The first-order valence-electron chi connectivity index (χ1n) is 7.83. The highest BCUT2D eigenvalue weighted by Gasteiger charge is 2.30. The molecule has 3 nitrogen and oxygen atoms in total. The van der Waals surface area contributed by atoms with Crippen LogP contribution in [-0.2, 0) is 13.0 Å². The monoisotopic (exact) mass is 272 g/mol. The van der Waals surface area contributed by atoms with Gasteiger partial charge in [0.2, 0.25) is 0 Å². The third-order valence-corrected chi connectivity index (χ3v) is 4.86. The Balaban J connectivity index is 1.86. The van der Waals surface area contributed by atoms with E-state index in [4.69, 9.17) is 4.98 Å². The van der Waals surface area contributed by atoms with Crippen LogP contribution in [0, 0.1) is 11.8 Å². The van der Waals surface area contributed by atoms with Gasteiger partial charge < -0.3 is 9.67 Å². The number of benzene rings is 1. The van der Waals surface area contributed by atoms with Gasteiger partial charge in [-0.05, 0) is 37.3 Å². The zero-order valence-corrected chi connectivity index (χ0v) is 12.4. The maximum atomic E-state index is 10.6.